The van der Waals surface area contributed by atoms with Crippen LogP contribution in [0, 0.1) is 0 Å². The van der Waals surface area contributed by atoms with Gasteiger partial charge in [0.1, 0.15) is 0 Å². The molecule has 0 heterocycles. The molecule has 3 N–H and O–H groups in total. The summed E-state index contributed by atoms with van der Waals surface area (Å²) in [6, 6.07) is -0.647. The summed E-state index contributed by atoms with van der Waals surface area (Å²) in [6.45, 7) is 4.25. The number of carbonyl (C=O) groups is 1. The lowest BCUT2D eigenvalue weighted by Crippen LogP contribution is -2.45. The third-order valence-corrected chi connectivity index (χ3v) is 7.99. The molecule has 4 nitrogen and oxygen atoms in total. The Bertz CT molecular complexity index is 574. The molecule has 4 heteroatoms. The Hall–Kier alpha value is -1.13. The second kappa shape index (κ2) is 32.4. The largest absolute Gasteiger partial charge is 0.394 e. The number of hydrogen-bond acceptors (Lipinski definition) is 3. The number of allylic oxidation sites excluding steroid dienone is 3. The van der Waals surface area contributed by atoms with Gasteiger partial charge >= 0.3 is 0 Å². The second-order valence-electron chi connectivity index (χ2n) is 12.0. The third kappa shape index (κ3) is 28.4. The van der Waals surface area contributed by atoms with Crippen LogP contribution in [0.25, 0.3) is 0 Å². The van der Waals surface area contributed by atoms with Crippen molar-refractivity contribution in [1.82, 2.24) is 5.32 Å². The van der Waals surface area contributed by atoms with Crippen LogP contribution in [0.4, 0.5) is 0 Å². The Labute approximate surface area is 249 Å². The number of unbranched alkanes of at least 4 members (excludes halogenated alkanes) is 23. The molecule has 1 amide bonds. The van der Waals surface area contributed by atoms with Gasteiger partial charge in [-0.05, 0) is 19.3 Å². The molecule has 0 aromatic heterocycles. The minimum Gasteiger partial charge on any atom is -0.394 e. The molecule has 0 spiro atoms. The van der Waals surface area contributed by atoms with E-state index in [1.165, 1.54) is 141 Å². The van der Waals surface area contributed by atoms with Crippen LogP contribution >= 0.6 is 0 Å². The van der Waals surface area contributed by atoms with E-state index < -0.39 is 12.1 Å². The van der Waals surface area contributed by atoms with Gasteiger partial charge in [0.2, 0.25) is 5.91 Å². The van der Waals surface area contributed by atoms with Gasteiger partial charge in [-0.15, -0.1) is 0 Å². The van der Waals surface area contributed by atoms with Gasteiger partial charge in [-0.2, -0.15) is 0 Å². The van der Waals surface area contributed by atoms with E-state index in [9.17, 15) is 15.0 Å². The Kier molecular flexibility index (Phi) is 31.5. The van der Waals surface area contributed by atoms with Gasteiger partial charge in [0.05, 0.1) is 18.8 Å². The highest BCUT2D eigenvalue weighted by molar-refractivity contribution is 5.76. The summed E-state index contributed by atoms with van der Waals surface area (Å²) in [5.41, 5.74) is 0. The minimum atomic E-state index is -0.882. The second-order valence-corrected chi connectivity index (χ2v) is 12.0. The molecule has 0 aliphatic heterocycles. The molecule has 2 atom stereocenters. The summed E-state index contributed by atoms with van der Waals surface area (Å²) in [6.07, 6.45) is 39.8. The Morgan fingerprint density at radius 3 is 1.43 bits per heavy atom. The zero-order valence-corrected chi connectivity index (χ0v) is 26.9. The quantitative estimate of drug-likeness (QED) is 0.0580. The zero-order chi connectivity index (χ0) is 29.4. The Morgan fingerprint density at radius 2 is 1.00 bits per heavy atom. The van der Waals surface area contributed by atoms with E-state index >= 15 is 0 Å². The van der Waals surface area contributed by atoms with Crippen molar-refractivity contribution >= 4 is 5.91 Å². The van der Waals surface area contributed by atoms with Crippen molar-refractivity contribution in [2.24, 2.45) is 0 Å². The van der Waals surface area contributed by atoms with E-state index in [1.807, 2.05) is 12.2 Å². The first-order valence-corrected chi connectivity index (χ1v) is 17.6. The van der Waals surface area contributed by atoms with Gasteiger partial charge in [-0.1, -0.05) is 179 Å². The van der Waals surface area contributed by atoms with E-state index in [1.54, 1.807) is 6.08 Å². The molecule has 0 aromatic rings. The maximum atomic E-state index is 12.3. The molecule has 0 radical (unpaired) electrons. The monoisotopic (exact) mass is 564 g/mol. The molecule has 0 fully saturated rings. The molecule has 0 aliphatic rings. The maximum absolute atomic E-state index is 12.3. The van der Waals surface area contributed by atoms with Crippen LogP contribution in [0.5, 0.6) is 0 Å². The summed E-state index contributed by atoms with van der Waals surface area (Å²) in [5.74, 6) is -0.0818. The Balaban J connectivity index is 3.60. The summed E-state index contributed by atoms with van der Waals surface area (Å²) < 4.78 is 0. The van der Waals surface area contributed by atoms with Gasteiger partial charge in [-0.25, -0.2) is 0 Å². The van der Waals surface area contributed by atoms with Gasteiger partial charge in [0.15, 0.2) is 0 Å². The Morgan fingerprint density at radius 1 is 0.600 bits per heavy atom. The molecular formula is C36H69NO3. The first-order chi connectivity index (χ1) is 19.7. The van der Waals surface area contributed by atoms with Crippen LogP contribution in [-0.4, -0.2) is 34.9 Å². The van der Waals surface area contributed by atoms with Crippen LogP contribution in [0.2, 0.25) is 0 Å². The number of rotatable bonds is 31. The van der Waals surface area contributed by atoms with Crippen molar-refractivity contribution in [3.63, 3.8) is 0 Å². The fourth-order valence-corrected chi connectivity index (χ4v) is 5.23. The van der Waals surface area contributed by atoms with Crippen LogP contribution in [0.15, 0.2) is 24.3 Å². The minimum absolute atomic E-state index is 0.0818. The molecule has 0 rings (SSSR count). The van der Waals surface area contributed by atoms with E-state index in [0.29, 0.717) is 6.42 Å². The zero-order valence-electron chi connectivity index (χ0n) is 26.9. The molecule has 0 saturated carbocycles. The molecule has 0 unspecified atom stereocenters. The molecular weight excluding hydrogens is 494 g/mol. The summed E-state index contributed by atoms with van der Waals surface area (Å²) >= 11 is 0. The summed E-state index contributed by atoms with van der Waals surface area (Å²) in [4.78, 5) is 12.3. The van der Waals surface area contributed by atoms with E-state index in [4.69, 9.17) is 0 Å². The third-order valence-electron chi connectivity index (χ3n) is 7.99. The van der Waals surface area contributed by atoms with Crippen LogP contribution < -0.4 is 5.32 Å². The summed E-state index contributed by atoms with van der Waals surface area (Å²) in [5, 5.41) is 22.7. The average Bonchev–Trinajstić information content (AvgIpc) is 2.96. The fourth-order valence-electron chi connectivity index (χ4n) is 5.23. The highest BCUT2D eigenvalue weighted by atomic mass is 16.3. The van der Waals surface area contributed by atoms with Crippen molar-refractivity contribution < 1.29 is 15.0 Å². The molecule has 40 heavy (non-hydrogen) atoms. The van der Waals surface area contributed by atoms with Gasteiger partial charge in [-0.3, -0.25) is 4.79 Å². The van der Waals surface area contributed by atoms with Crippen LogP contribution in [-0.2, 0) is 4.79 Å². The van der Waals surface area contributed by atoms with Crippen LogP contribution in [0.3, 0.4) is 0 Å². The topological polar surface area (TPSA) is 69.6 Å². The molecule has 236 valence electrons. The van der Waals surface area contributed by atoms with Gasteiger partial charge < -0.3 is 15.5 Å². The number of aliphatic hydroxyl groups excluding tert-OH is 2. The van der Waals surface area contributed by atoms with Crippen molar-refractivity contribution in [1.29, 1.82) is 0 Å². The molecule has 0 aliphatic carbocycles. The van der Waals surface area contributed by atoms with Crippen LogP contribution in [0.1, 0.15) is 181 Å². The summed E-state index contributed by atoms with van der Waals surface area (Å²) in [7, 11) is 0. The first-order valence-electron chi connectivity index (χ1n) is 17.6. The van der Waals surface area contributed by atoms with Crippen molar-refractivity contribution in [3.8, 4) is 0 Å². The van der Waals surface area contributed by atoms with Crippen molar-refractivity contribution in [2.75, 3.05) is 6.61 Å². The van der Waals surface area contributed by atoms with Gasteiger partial charge in [0.25, 0.3) is 0 Å². The van der Waals surface area contributed by atoms with Crippen molar-refractivity contribution in [2.45, 2.75) is 193 Å². The van der Waals surface area contributed by atoms with E-state index in [0.717, 1.165) is 19.3 Å². The SMILES string of the molecule is CCCCCCCC/C=C/C=C/[C@@H](O)[C@H](CO)NC(=O)CCCCCCCCCCCCCCCCCCCC. The van der Waals surface area contributed by atoms with E-state index in [-0.39, 0.29) is 12.5 Å². The van der Waals surface area contributed by atoms with E-state index in [2.05, 4.69) is 25.2 Å². The molecule has 0 saturated heterocycles. The smallest absolute Gasteiger partial charge is 0.220 e. The lowest BCUT2D eigenvalue weighted by atomic mass is 10.0. The number of hydrogen-bond donors (Lipinski definition) is 3. The van der Waals surface area contributed by atoms with Crippen molar-refractivity contribution in [3.05, 3.63) is 24.3 Å². The molecule has 0 aromatic carbocycles. The number of aliphatic hydroxyl groups is 2. The van der Waals surface area contributed by atoms with Gasteiger partial charge in [0, 0.05) is 6.42 Å². The predicted molar refractivity (Wildman–Crippen MR) is 175 cm³/mol. The number of carbonyl (C=O) groups excluding carboxylic acids is 1. The molecule has 0 bridgehead atoms. The predicted octanol–water partition coefficient (Wildman–Crippen LogP) is 10.1. The highest BCUT2D eigenvalue weighted by Gasteiger charge is 2.17. The maximum Gasteiger partial charge on any atom is 0.220 e. The highest BCUT2D eigenvalue weighted by Crippen LogP contribution is 2.15. The normalized spacial score (nSPS) is 13.4. The lowest BCUT2D eigenvalue weighted by molar-refractivity contribution is -0.123. The average molecular weight is 564 g/mol. The lowest BCUT2D eigenvalue weighted by Gasteiger charge is -2.19. The standard InChI is InChI=1S/C36H69NO3/c1-3-5-7-9-11-13-15-16-17-18-19-20-21-22-24-26-28-30-32-36(40)37-34(33-38)35(39)31-29-27-25-23-14-12-10-8-6-4-2/h25,27,29,31,34-35,38-39H,3-24,26,28,30,32-33H2,1-2H3,(H,37,40)/b27-25+,31-29+/t34-,35+/m0/s1. The fraction of sp³-hybridized carbons (Fsp3) is 0.861. The first kappa shape index (κ1) is 38.9. The number of nitrogens with one attached hydrogen (secondary N) is 1. The number of amides is 1.